The summed E-state index contributed by atoms with van der Waals surface area (Å²) < 4.78 is 0. The van der Waals surface area contributed by atoms with Crippen LogP contribution in [0.1, 0.15) is 25.7 Å². The second-order valence-corrected chi connectivity index (χ2v) is 4.81. The number of hydrogen-bond donors (Lipinski definition) is 2. The molecule has 0 saturated heterocycles. The number of urea groups is 1. The van der Waals surface area contributed by atoms with Gasteiger partial charge in [0.05, 0.1) is 0 Å². The molecular formula is C11H19N3O2. The summed E-state index contributed by atoms with van der Waals surface area (Å²) in [5, 5.41) is 4.28. The second-order valence-electron chi connectivity index (χ2n) is 4.81. The number of carbonyl (C=O) groups excluding carboxylic acids is 2. The zero-order valence-electron chi connectivity index (χ0n) is 9.82. The van der Waals surface area contributed by atoms with Gasteiger partial charge in [-0.05, 0) is 37.5 Å². The fourth-order valence-corrected chi connectivity index (χ4v) is 2.25. The molecule has 0 unspecified atom stereocenters. The van der Waals surface area contributed by atoms with Crippen LogP contribution < -0.4 is 10.7 Å². The topological polar surface area (TPSA) is 61.4 Å². The van der Waals surface area contributed by atoms with Crippen LogP contribution in [0.5, 0.6) is 0 Å². The fraction of sp³-hybridized carbons (Fsp3) is 0.818. The molecule has 2 fully saturated rings. The van der Waals surface area contributed by atoms with Crippen LogP contribution in [0.15, 0.2) is 0 Å². The van der Waals surface area contributed by atoms with E-state index in [2.05, 4.69) is 10.7 Å². The number of carbonyl (C=O) groups is 2. The first kappa shape index (κ1) is 11.4. The molecule has 90 valence electrons. The molecule has 0 spiro atoms. The van der Waals surface area contributed by atoms with E-state index in [0.717, 1.165) is 32.0 Å². The van der Waals surface area contributed by atoms with Crippen LogP contribution in [-0.4, -0.2) is 37.0 Å². The highest BCUT2D eigenvalue weighted by atomic mass is 16.2. The fourth-order valence-electron chi connectivity index (χ4n) is 2.25. The molecular weight excluding hydrogens is 206 g/mol. The Balaban J connectivity index is 2.07. The Hall–Kier alpha value is -1.10. The Morgan fingerprint density at radius 2 is 1.81 bits per heavy atom. The van der Waals surface area contributed by atoms with Gasteiger partial charge in [0, 0.05) is 14.1 Å². The van der Waals surface area contributed by atoms with Gasteiger partial charge in [-0.2, -0.15) is 0 Å². The summed E-state index contributed by atoms with van der Waals surface area (Å²) in [6.07, 6.45) is 5.18. The van der Waals surface area contributed by atoms with E-state index in [9.17, 15) is 9.59 Å². The molecule has 5 nitrogen and oxygen atoms in total. The Kier molecular flexibility index (Phi) is 2.88. The smallest absolute Gasteiger partial charge is 0.324 e. The van der Waals surface area contributed by atoms with Gasteiger partial charge in [-0.25, -0.2) is 10.2 Å². The molecule has 2 saturated carbocycles. The SMILES string of the molecule is CNN(C)C(=O)NC(C=O)(C1CC1)C1CC1. The lowest BCUT2D eigenvalue weighted by atomic mass is 9.89. The second kappa shape index (κ2) is 4.05. The molecule has 5 heteroatoms. The van der Waals surface area contributed by atoms with Crippen LogP contribution in [0.2, 0.25) is 0 Å². The quantitative estimate of drug-likeness (QED) is 0.529. The third-order valence-corrected chi connectivity index (χ3v) is 3.66. The minimum atomic E-state index is -0.595. The molecule has 2 N–H and O–H groups in total. The third-order valence-electron chi connectivity index (χ3n) is 3.66. The molecule has 0 atom stereocenters. The van der Waals surface area contributed by atoms with Gasteiger partial charge in [-0.3, -0.25) is 5.01 Å². The van der Waals surface area contributed by atoms with E-state index in [1.54, 1.807) is 14.1 Å². The first-order valence-corrected chi connectivity index (χ1v) is 5.83. The summed E-state index contributed by atoms with van der Waals surface area (Å²) in [4.78, 5) is 23.2. The minimum absolute atomic E-state index is 0.228. The monoisotopic (exact) mass is 225 g/mol. The third kappa shape index (κ3) is 1.91. The van der Waals surface area contributed by atoms with Gasteiger partial charge >= 0.3 is 6.03 Å². The largest absolute Gasteiger partial charge is 0.332 e. The van der Waals surface area contributed by atoms with Gasteiger partial charge in [-0.1, -0.05) is 0 Å². The summed E-state index contributed by atoms with van der Waals surface area (Å²) in [5.41, 5.74) is 2.14. The Morgan fingerprint density at radius 3 is 2.12 bits per heavy atom. The van der Waals surface area contributed by atoms with Crippen molar-refractivity contribution in [2.75, 3.05) is 14.1 Å². The normalized spacial score (nSPS) is 20.4. The maximum atomic E-state index is 11.8. The van der Waals surface area contributed by atoms with E-state index in [4.69, 9.17) is 0 Å². The summed E-state index contributed by atoms with van der Waals surface area (Å²) in [7, 11) is 3.32. The molecule has 0 aliphatic heterocycles. The van der Waals surface area contributed by atoms with E-state index < -0.39 is 5.54 Å². The van der Waals surface area contributed by atoms with Crippen LogP contribution in [0.25, 0.3) is 0 Å². The maximum absolute atomic E-state index is 11.8. The maximum Gasteiger partial charge on any atom is 0.332 e. The summed E-state index contributed by atoms with van der Waals surface area (Å²) in [5.74, 6) is 0.707. The highest BCUT2D eigenvalue weighted by molar-refractivity contribution is 5.81. The van der Waals surface area contributed by atoms with E-state index in [0.29, 0.717) is 11.8 Å². The van der Waals surface area contributed by atoms with Crippen LogP contribution in [0, 0.1) is 11.8 Å². The predicted molar refractivity (Wildman–Crippen MR) is 59.6 cm³/mol. The zero-order chi connectivity index (χ0) is 11.8. The van der Waals surface area contributed by atoms with Crippen molar-refractivity contribution < 1.29 is 9.59 Å². The predicted octanol–water partition coefficient (Wildman–Crippen LogP) is 0.520. The van der Waals surface area contributed by atoms with Crippen molar-refractivity contribution in [3.8, 4) is 0 Å². The first-order valence-electron chi connectivity index (χ1n) is 5.83. The standard InChI is InChI=1S/C11H19N3O2/c1-12-14(2)10(16)13-11(7-15,8-3-4-8)9-5-6-9/h7-9,12H,3-6H2,1-2H3,(H,13,16). The average molecular weight is 225 g/mol. The minimum Gasteiger partial charge on any atom is -0.324 e. The molecule has 0 aromatic heterocycles. The zero-order valence-corrected chi connectivity index (χ0v) is 9.82. The van der Waals surface area contributed by atoms with Crippen molar-refractivity contribution in [1.82, 2.24) is 15.8 Å². The van der Waals surface area contributed by atoms with Gasteiger partial charge in [0.2, 0.25) is 0 Å². The van der Waals surface area contributed by atoms with Crippen molar-refractivity contribution in [2.24, 2.45) is 11.8 Å². The number of hydrogen-bond acceptors (Lipinski definition) is 3. The molecule has 16 heavy (non-hydrogen) atoms. The number of aldehydes is 1. The number of hydrazine groups is 1. The lowest BCUT2D eigenvalue weighted by molar-refractivity contribution is -0.114. The molecule has 0 radical (unpaired) electrons. The number of nitrogens with one attached hydrogen (secondary N) is 2. The summed E-state index contributed by atoms with van der Waals surface area (Å²) in [6.45, 7) is 0. The highest BCUT2D eigenvalue weighted by Crippen LogP contribution is 2.51. The lowest BCUT2D eigenvalue weighted by Crippen LogP contribution is -2.58. The van der Waals surface area contributed by atoms with Gasteiger partial charge in [0.1, 0.15) is 11.8 Å². The van der Waals surface area contributed by atoms with Crippen LogP contribution in [0.3, 0.4) is 0 Å². The van der Waals surface area contributed by atoms with Gasteiger partial charge in [0.15, 0.2) is 0 Å². The van der Waals surface area contributed by atoms with Crippen molar-refractivity contribution in [2.45, 2.75) is 31.2 Å². The lowest BCUT2D eigenvalue weighted by Gasteiger charge is -2.31. The van der Waals surface area contributed by atoms with E-state index in [-0.39, 0.29) is 6.03 Å². The molecule has 2 amide bonds. The number of amides is 2. The number of nitrogens with zero attached hydrogens (tertiary/aromatic N) is 1. The average Bonchev–Trinajstić information content (AvgIpc) is 3.15. The van der Waals surface area contributed by atoms with Gasteiger partial charge < -0.3 is 10.1 Å². The Bertz CT molecular complexity index is 286. The van der Waals surface area contributed by atoms with Crippen LogP contribution in [0.4, 0.5) is 4.79 Å². The molecule has 0 aromatic carbocycles. The Labute approximate surface area is 95.5 Å². The molecule has 2 aliphatic rings. The molecule has 2 aliphatic carbocycles. The molecule has 0 aromatic rings. The van der Waals surface area contributed by atoms with Crippen molar-refractivity contribution in [3.63, 3.8) is 0 Å². The summed E-state index contributed by atoms with van der Waals surface area (Å²) in [6, 6.07) is -0.228. The van der Waals surface area contributed by atoms with Gasteiger partial charge in [0.25, 0.3) is 0 Å². The molecule has 0 bridgehead atoms. The van der Waals surface area contributed by atoms with Crippen molar-refractivity contribution in [1.29, 1.82) is 0 Å². The van der Waals surface area contributed by atoms with Gasteiger partial charge in [-0.15, -0.1) is 0 Å². The van der Waals surface area contributed by atoms with E-state index in [1.165, 1.54) is 5.01 Å². The molecule has 2 rings (SSSR count). The van der Waals surface area contributed by atoms with E-state index in [1.807, 2.05) is 0 Å². The van der Waals surface area contributed by atoms with Crippen molar-refractivity contribution in [3.05, 3.63) is 0 Å². The summed E-state index contributed by atoms with van der Waals surface area (Å²) >= 11 is 0. The van der Waals surface area contributed by atoms with E-state index >= 15 is 0 Å². The highest BCUT2D eigenvalue weighted by Gasteiger charge is 2.55. The molecule has 0 heterocycles. The van der Waals surface area contributed by atoms with Crippen LogP contribution in [-0.2, 0) is 4.79 Å². The van der Waals surface area contributed by atoms with Crippen molar-refractivity contribution >= 4 is 12.3 Å². The Morgan fingerprint density at radius 1 is 1.31 bits per heavy atom. The van der Waals surface area contributed by atoms with Crippen LogP contribution >= 0.6 is 0 Å². The number of rotatable bonds is 5. The first-order chi connectivity index (χ1) is 7.64.